The van der Waals surface area contributed by atoms with Crippen LogP contribution in [-0.2, 0) is 9.47 Å². The van der Waals surface area contributed by atoms with Crippen LogP contribution in [0.15, 0.2) is 24.3 Å². The standard InChI is InChI=1S/C12H19ClO3/c1-15-12(13)7-3-2-5-11(12)6-4-9-16-10-8-14/h2-3,5,7,11,14H,4,6,8-10H2,1H3. The van der Waals surface area contributed by atoms with Crippen molar-refractivity contribution in [1.82, 2.24) is 0 Å². The van der Waals surface area contributed by atoms with Gasteiger partial charge in [-0.25, -0.2) is 0 Å². The first kappa shape index (κ1) is 13.7. The number of halogens is 1. The van der Waals surface area contributed by atoms with E-state index in [2.05, 4.69) is 6.08 Å². The maximum absolute atomic E-state index is 8.55. The normalized spacial score (nSPS) is 28.6. The Bertz CT molecular complexity index is 253. The van der Waals surface area contributed by atoms with E-state index in [0.717, 1.165) is 12.8 Å². The van der Waals surface area contributed by atoms with Crippen molar-refractivity contribution in [1.29, 1.82) is 0 Å². The number of aliphatic hydroxyl groups excluding tert-OH is 1. The van der Waals surface area contributed by atoms with E-state index < -0.39 is 5.06 Å². The smallest absolute Gasteiger partial charge is 0.166 e. The van der Waals surface area contributed by atoms with Gasteiger partial charge in [0.05, 0.1) is 13.2 Å². The lowest BCUT2D eigenvalue weighted by molar-refractivity contribution is 0.0542. The molecule has 1 aliphatic rings. The second kappa shape index (κ2) is 7.07. The molecule has 92 valence electrons. The maximum Gasteiger partial charge on any atom is 0.166 e. The average Bonchev–Trinajstić information content (AvgIpc) is 2.31. The molecule has 0 aromatic rings. The Hall–Kier alpha value is -0.350. The van der Waals surface area contributed by atoms with Crippen molar-refractivity contribution in [3.8, 4) is 0 Å². The van der Waals surface area contributed by atoms with Crippen molar-refractivity contribution in [3.05, 3.63) is 24.3 Å². The zero-order chi connectivity index (χ0) is 11.9. The van der Waals surface area contributed by atoms with Gasteiger partial charge in [0.25, 0.3) is 0 Å². The molecule has 1 N–H and O–H groups in total. The van der Waals surface area contributed by atoms with Gasteiger partial charge in [-0.1, -0.05) is 29.8 Å². The molecule has 4 heteroatoms. The van der Waals surface area contributed by atoms with Crippen LogP contribution in [0.5, 0.6) is 0 Å². The Morgan fingerprint density at radius 3 is 2.88 bits per heavy atom. The molecule has 0 amide bonds. The summed E-state index contributed by atoms with van der Waals surface area (Å²) in [6.07, 6.45) is 9.62. The summed E-state index contributed by atoms with van der Waals surface area (Å²) in [5.74, 6) is 0.168. The molecule has 0 fully saturated rings. The van der Waals surface area contributed by atoms with Crippen molar-refractivity contribution < 1.29 is 14.6 Å². The molecule has 3 nitrogen and oxygen atoms in total. The van der Waals surface area contributed by atoms with Gasteiger partial charge >= 0.3 is 0 Å². The van der Waals surface area contributed by atoms with Crippen LogP contribution < -0.4 is 0 Å². The molecule has 2 atom stereocenters. The molecule has 0 radical (unpaired) electrons. The summed E-state index contributed by atoms with van der Waals surface area (Å²) in [5.41, 5.74) is 0. The van der Waals surface area contributed by atoms with E-state index in [1.165, 1.54) is 0 Å². The fourth-order valence-electron chi connectivity index (χ4n) is 1.72. The Kier molecular flexibility index (Phi) is 6.06. The van der Waals surface area contributed by atoms with E-state index >= 15 is 0 Å². The summed E-state index contributed by atoms with van der Waals surface area (Å²) < 4.78 is 10.5. The lowest BCUT2D eigenvalue weighted by atomic mass is 9.92. The molecule has 2 unspecified atom stereocenters. The maximum atomic E-state index is 8.55. The van der Waals surface area contributed by atoms with Crippen LogP contribution in [0, 0.1) is 5.92 Å². The summed E-state index contributed by atoms with van der Waals surface area (Å²) in [5, 5.41) is 7.83. The second-order valence-corrected chi connectivity index (χ2v) is 4.32. The number of allylic oxidation sites excluding steroid dienone is 2. The number of hydrogen-bond acceptors (Lipinski definition) is 3. The lowest BCUT2D eigenvalue weighted by Gasteiger charge is -2.31. The van der Waals surface area contributed by atoms with Crippen molar-refractivity contribution in [2.75, 3.05) is 26.9 Å². The summed E-state index contributed by atoms with van der Waals surface area (Å²) in [7, 11) is 1.62. The van der Waals surface area contributed by atoms with Crippen LogP contribution in [0.3, 0.4) is 0 Å². The van der Waals surface area contributed by atoms with Gasteiger partial charge in [0.15, 0.2) is 5.06 Å². The third-order valence-electron chi connectivity index (χ3n) is 2.64. The Morgan fingerprint density at radius 1 is 1.38 bits per heavy atom. The molecule has 0 aliphatic heterocycles. The predicted molar refractivity (Wildman–Crippen MR) is 64.5 cm³/mol. The van der Waals surface area contributed by atoms with E-state index in [4.69, 9.17) is 26.2 Å². The number of ether oxygens (including phenoxy) is 2. The van der Waals surface area contributed by atoms with Gasteiger partial charge in [0.2, 0.25) is 0 Å². The van der Waals surface area contributed by atoms with Crippen LogP contribution in [0.25, 0.3) is 0 Å². The first-order chi connectivity index (χ1) is 7.73. The predicted octanol–water partition coefficient (Wildman–Crippen LogP) is 2.10. The molecule has 1 aliphatic carbocycles. The molecule has 0 spiro atoms. The van der Waals surface area contributed by atoms with Crippen molar-refractivity contribution in [3.63, 3.8) is 0 Å². The minimum absolute atomic E-state index is 0.0730. The highest BCUT2D eigenvalue weighted by Crippen LogP contribution is 2.34. The Balaban J connectivity index is 2.29. The average molecular weight is 247 g/mol. The van der Waals surface area contributed by atoms with Crippen molar-refractivity contribution >= 4 is 11.6 Å². The van der Waals surface area contributed by atoms with Crippen LogP contribution in [0.2, 0.25) is 0 Å². The highest BCUT2D eigenvalue weighted by molar-refractivity contribution is 6.24. The molecule has 16 heavy (non-hydrogen) atoms. The summed E-state index contributed by atoms with van der Waals surface area (Å²) in [6, 6.07) is 0. The summed E-state index contributed by atoms with van der Waals surface area (Å²) >= 11 is 6.32. The lowest BCUT2D eigenvalue weighted by Crippen LogP contribution is -2.32. The Morgan fingerprint density at radius 2 is 2.19 bits per heavy atom. The van der Waals surface area contributed by atoms with Crippen LogP contribution >= 0.6 is 11.6 Å². The van der Waals surface area contributed by atoms with Crippen molar-refractivity contribution in [2.24, 2.45) is 5.92 Å². The molecular formula is C12H19ClO3. The third-order valence-corrected chi connectivity index (χ3v) is 3.20. The monoisotopic (exact) mass is 246 g/mol. The molecule has 0 saturated heterocycles. The van der Waals surface area contributed by atoms with Gasteiger partial charge in [-0.15, -0.1) is 0 Å². The summed E-state index contributed by atoms with van der Waals surface area (Å²) in [4.78, 5) is 0. The highest BCUT2D eigenvalue weighted by atomic mass is 35.5. The van der Waals surface area contributed by atoms with Gasteiger partial charge in [0, 0.05) is 19.6 Å². The number of rotatable bonds is 7. The minimum Gasteiger partial charge on any atom is -0.394 e. The SMILES string of the molecule is COC1(Cl)C=CC=CC1CCCOCCO. The first-order valence-electron chi connectivity index (χ1n) is 5.51. The van der Waals surface area contributed by atoms with Crippen molar-refractivity contribution in [2.45, 2.75) is 17.9 Å². The van der Waals surface area contributed by atoms with Gasteiger partial charge in [0.1, 0.15) is 0 Å². The van der Waals surface area contributed by atoms with E-state index in [1.54, 1.807) is 7.11 Å². The molecule has 0 aromatic carbocycles. The molecule has 0 aromatic heterocycles. The minimum atomic E-state index is -0.717. The Labute approximate surface area is 102 Å². The number of hydrogen-bond donors (Lipinski definition) is 1. The summed E-state index contributed by atoms with van der Waals surface area (Å²) in [6.45, 7) is 1.12. The molecule has 0 heterocycles. The van der Waals surface area contributed by atoms with Crippen LogP contribution in [0.4, 0.5) is 0 Å². The number of aliphatic hydroxyl groups is 1. The molecule has 0 saturated carbocycles. The fourth-order valence-corrected chi connectivity index (χ4v) is 1.98. The zero-order valence-electron chi connectivity index (χ0n) is 9.56. The highest BCUT2D eigenvalue weighted by Gasteiger charge is 2.33. The van der Waals surface area contributed by atoms with Gasteiger partial charge in [-0.2, -0.15) is 0 Å². The van der Waals surface area contributed by atoms with Gasteiger partial charge < -0.3 is 14.6 Å². The van der Waals surface area contributed by atoms with Crippen LogP contribution in [0.1, 0.15) is 12.8 Å². The zero-order valence-corrected chi connectivity index (χ0v) is 10.3. The second-order valence-electron chi connectivity index (χ2n) is 3.73. The molecule has 1 rings (SSSR count). The topological polar surface area (TPSA) is 38.7 Å². The molecular weight excluding hydrogens is 228 g/mol. The van der Waals surface area contributed by atoms with E-state index in [-0.39, 0.29) is 12.5 Å². The number of alkyl halides is 1. The van der Waals surface area contributed by atoms with Gasteiger partial charge in [-0.05, 0) is 18.9 Å². The third kappa shape index (κ3) is 3.91. The number of methoxy groups -OCH3 is 1. The quantitative estimate of drug-likeness (QED) is 0.552. The van der Waals surface area contributed by atoms with E-state index in [1.807, 2.05) is 18.2 Å². The van der Waals surface area contributed by atoms with Crippen LogP contribution in [-0.4, -0.2) is 37.1 Å². The van der Waals surface area contributed by atoms with E-state index in [9.17, 15) is 0 Å². The van der Waals surface area contributed by atoms with E-state index in [0.29, 0.717) is 13.2 Å². The largest absolute Gasteiger partial charge is 0.394 e. The first-order valence-corrected chi connectivity index (χ1v) is 5.89. The molecule has 0 bridgehead atoms. The van der Waals surface area contributed by atoms with Gasteiger partial charge in [-0.3, -0.25) is 0 Å². The fraction of sp³-hybridized carbons (Fsp3) is 0.667.